The third-order valence-electron chi connectivity index (χ3n) is 5.90. The van der Waals surface area contributed by atoms with Gasteiger partial charge in [-0.15, -0.1) is 0 Å². The molecule has 0 fully saturated rings. The van der Waals surface area contributed by atoms with Crippen molar-refractivity contribution in [1.29, 1.82) is 0 Å². The quantitative estimate of drug-likeness (QED) is 0.279. The first kappa shape index (κ1) is 23.6. The predicted molar refractivity (Wildman–Crippen MR) is 116 cm³/mol. The Balaban J connectivity index is 2.44. The van der Waals surface area contributed by atoms with Gasteiger partial charge in [-0.1, -0.05) is 25.0 Å². The summed E-state index contributed by atoms with van der Waals surface area (Å²) in [7, 11) is 3.04. The van der Waals surface area contributed by atoms with E-state index in [0.29, 0.717) is 12.0 Å². The number of ether oxygens (including phenoxy) is 2. The van der Waals surface area contributed by atoms with Gasteiger partial charge in [0.1, 0.15) is 11.6 Å². The van der Waals surface area contributed by atoms with Crippen LogP contribution in [0.15, 0.2) is 24.3 Å². The first-order valence-corrected chi connectivity index (χ1v) is 10.3. The zero-order valence-corrected chi connectivity index (χ0v) is 18.5. The summed E-state index contributed by atoms with van der Waals surface area (Å²) >= 11 is 0. The Morgan fingerprint density at radius 3 is 2.23 bits per heavy atom. The van der Waals surface area contributed by atoms with E-state index in [-0.39, 0.29) is 17.7 Å². The average Bonchev–Trinajstić information content (AvgIpc) is 2.74. The summed E-state index contributed by atoms with van der Waals surface area (Å²) in [5, 5.41) is 0. The molecule has 30 heavy (non-hydrogen) atoms. The van der Waals surface area contributed by atoms with E-state index in [9.17, 15) is 14.0 Å². The van der Waals surface area contributed by atoms with Crippen molar-refractivity contribution in [2.75, 3.05) is 14.2 Å². The van der Waals surface area contributed by atoms with Crippen molar-refractivity contribution in [2.24, 2.45) is 0 Å². The van der Waals surface area contributed by atoms with Crippen molar-refractivity contribution in [3.8, 4) is 5.75 Å². The SMILES string of the molecule is COC(=O)CCCCC[C@H](c1ccc(F)cc1)c1c(C)c(C=O)c(C)c(C)c1OC. The number of hydrogen-bond acceptors (Lipinski definition) is 4. The highest BCUT2D eigenvalue weighted by atomic mass is 19.1. The van der Waals surface area contributed by atoms with Gasteiger partial charge in [0.05, 0.1) is 14.2 Å². The summed E-state index contributed by atoms with van der Waals surface area (Å²) in [4.78, 5) is 23.2. The van der Waals surface area contributed by atoms with Crippen molar-refractivity contribution < 1.29 is 23.5 Å². The second-order valence-corrected chi connectivity index (χ2v) is 7.63. The summed E-state index contributed by atoms with van der Waals surface area (Å²) in [5.74, 6) is 0.247. The first-order valence-electron chi connectivity index (χ1n) is 10.3. The minimum Gasteiger partial charge on any atom is -0.496 e. The van der Waals surface area contributed by atoms with Gasteiger partial charge in [-0.3, -0.25) is 9.59 Å². The molecule has 0 aromatic heterocycles. The van der Waals surface area contributed by atoms with Gasteiger partial charge in [-0.2, -0.15) is 0 Å². The van der Waals surface area contributed by atoms with Crippen LogP contribution in [-0.2, 0) is 9.53 Å². The third-order valence-corrected chi connectivity index (χ3v) is 5.90. The number of carbonyl (C=O) groups is 2. The number of esters is 1. The molecule has 2 rings (SSSR count). The maximum atomic E-state index is 13.6. The van der Waals surface area contributed by atoms with Crippen molar-refractivity contribution in [1.82, 2.24) is 0 Å². The van der Waals surface area contributed by atoms with Crippen LogP contribution in [0, 0.1) is 26.6 Å². The number of unbranched alkanes of at least 4 members (excludes halogenated alkanes) is 2. The van der Waals surface area contributed by atoms with Crippen LogP contribution in [0.2, 0.25) is 0 Å². The van der Waals surface area contributed by atoms with E-state index in [1.54, 1.807) is 19.2 Å². The fourth-order valence-corrected chi connectivity index (χ4v) is 4.10. The minimum atomic E-state index is -0.284. The molecule has 0 unspecified atom stereocenters. The van der Waals surface area contributed by atoms with Crippen LogP contribution >= 0.6 is 0 Å². The fraction of sp³-hybridized carbons (Fsp3) is 0.440. The van der Waals surface area contributed by atoms with Gasteiger partial charge in [-0.25, -0.2) is 4.39 Å². The lowest BCUT2D eigenvalue weighted by Gasteiger charge is -2.26. The molecule has 2 aromatic carbocycles. The largest absolute Gasteiger partial charge is 0.496 e. The van der Waals surface area contributed by atoms with Gasteiger partial charge < -0.3 is 9.47 Å². The van der Waals surface area contributed by atoms with Crippen LogP contribution in [0.4, 0.5) is 4.39 Å². The second-order valence-electron chi connectivity index (χ2n) is 7.63. The molecule has 0 aliphatic rings. The zero-order chi connectivity index (χ0) is 22.3. The van der Waals surface area contributed by atoms with Crippen LogP contribution in [0.1, 0.15) is 76.2 Å². The Morgan fingerprint density at radius 2 is 1.67 bits per heavy atom. The normalized spacial score (nSPS) is 11.8. The topological polar surface area (TPSA) is 52.6 Å². The van der Waals surface area contributed by atoms with Crippen molar-refractivity contribution >= 4 is 12.3 Å². The minimum absolute atomic E-state index is 0.0447. The number of hydrogen-bond donors (Lipinski definition) is 0. The fourth-order valence-electron chi connectivity index (χ4n) is 4.10. The standard InChI is InChI=1S/C25H31FO4/c1-16-17(2)25(30-5)24(18(3)22(16)15-27)21(19-11-13-20(26)14-12-19)9-7-6-8-10-23(28)29-4/h11-15,21H,6-10H2,1-5H3/t21-/m1/s1. The van der Waals surface area contributed by atoms with Gasteiger partial charge in [0.2, 0.25) is 0 Å². The van der Waals surface area contributed by atoms with E-state index in [0.717, 1.165) is 65.5 Å². The van der Waals surface area contributed by atoms with Crippen LogP contribution in [-0.4, -0.2) is 26.5 Å². The zero-order valence-electron chi connectivity index (χ0n) is 18.5. The van der Waals surface area contributed by atoms with Crippen molar-refractivity contribution in [2.45, 2.75) is 58.8 Å². The summed E-state index contributed by atoms with van der Waals surface area (Å²) in [6.07, 6.45) is 4.61. The molecule has 0 aliphatic heterocycles. The highest BCUT2D eigenvalue weighted by Gasteiger charge is 2.25. The highest BCUT2D eigenvalue weighted by Crippen LogP contribution is 2.42. The van der Waals surface area contributed by atoms with E-state index in [1.165, 1.54) is 19.2 Å². The van der Waals surface area contributed by atoms with Gasteiger partial charge in [0.15, 0.2) is 6.29 Å². The maximum Gasteiger partial charge on any atom is 0.305 e. The molecule has 0 heterocycles. The maximum absolute atomic E-state index is 13.6. The van der Waals surface area contributed by atoms with E-state index < -0.39 is 0 Å². The average molecular weight is 415 g/mol. The molecule has 0 aliphatic carbocycles. The number of methoxy groups -OCH3 is 2. The molecule has 162 valence electrons. The van der Waals surface area contributed by atoms with E-state index in [1.807, 2.05) is 20.8 Å². The molecule has 0 bridgehead atoms. The molecule has 5 heteroatoms. The summed E-state index contributed by atoms with van der Waals surface area (Å²) < 4.78 is 24.0. The molecular formula is C25H31FO4. The molecule has 0 saturated carbocycles. The molecule has 2 aromatic rings. The lowest BCUT2D eigenvalue weighted by molar-refractivity contribution is -0.140. The second kappa shape index (κ2) is 10.9. The lowest BCUT2D eigenvalue weighted by Crippen LogP contribution is -2.11. The number of carbonyl (C=O) groups excluding carboxylic acids is 2. The van der Waals surface area contributed by atoms with Crippen molar-refractivity contribution in [3.63, 3.8) is 0 Å². The molecule has 0 N–H and O–H groups in total. The molecule has 0 spiro atoms. The van der Waals surface area contributed by atoms with Crippen LogP contribution in [0.25, 0.3) is 0 Å². The van der Waals surface area contributed by atoms with Gasteiger partial charge in [0, 0.05) is 23.5 Å². The molecular weight excluding hydrogens is 383 g/mol. The summed E-state index contributed by atoms with van der Waals surface area (Å²) in [6.45, 7) is 5.84. The molecule has 0 amide bonds. The van der Waals surface area contributed by atoms with E-state index in [4.69, 9.17) is 9.47 Å². The van der Waals surface area contributed by atoms with Crippen molar-refractivity contribution in [3.05, 3.63) is 63.5 Å². The first-order chi connectivity index (χ1) is 14.3. The number of rotatable bonds is 10. The molecule has 0 radical (unpaired) electrons. The number of halogens is 1. The van der Waals surface area contributed by atoms with Gasteiger partial charge in [-0.05, 0) is 68.0 Å². The Morgan fingerprint density at radius 1 is 1.00 bits per heavy atom. The third kappa shape index (κ3) is 5.26. The highest BCUT2D eigenvalue weighted by molar-refractivity contribution is 5.82. The Kier molecular flexibility index (Phi) is 8.58. The monoisotopic (exact) mass is 414 g/mol. The van der Waals surface area contributed by atoms with Crippen LogP contribution in [0.3, 0.4) is 0 Å². The Bertz CT molecular complexity index is 887. The lowest BCUT2D eigenvalue weighted by atomic mass is 9.80. The molecule has 1 atom stereocenters. The predicted octanol–water partition coefficient (Wildman–Crippen LogP) is 5.83. The Labute approximate surface area is 178 Å². The van der Waals surface area contributed by atoms with E-state index in [2.05, 4.69) is 0 Å². The van der Waals surface area contributed by atoms with Crippen LogP contribution in [0.5, 0.6) is 5.75 Å². The number of aldehydes is 1. The summed E-state index contributed by atoms with van der Waals surface area (Å²) in [6, 6.07) is 6.51. The number of benzene rings is 2. The van der Waals surface area contributed by atoms with E-state index >= 15 is 0 Å². The molecule has 4 nitrogen and oxygen atoms in total. The summed E-state index contributed by atoms with van der Waals surface area (Å²) in [5.41, 5.74) is 5.39. The Hall–Kier alpha value is -2.69. The van der Waals surface area contributed by atoms with Gasteiger partial charge >= 0.3 is 5.97 Å². The molecule has 0 saturated heterocycles. The smallest absolute Gasteiger partial charge is 0.305 e. The van der Waals surface area contributed by atoms with Gasteiger partial charge in [0.25, 0.3) is 0 Å². The van der Waals surface area contributed by atoms with Crippen LogP contribution < -0.4 is 4.74 Å².